The van der Waals surface area contributed by atoms with Crippen molar-refractivity contribution in [2.24, 2.45) is 0 Å². The van der Waals surface area contributed by atoms with Crippen molar-refractivity contribution in [1.82, 2.24) is 20.3 Å². The molecule has 0 atom stereocenters. The van der Waals surface area contributed by atoms with Crippen LogP contribution >= 0.6 is 34.4 Å². The number of nitrogens with zero attached hydrogens (tertiary/aromatic N) is 4. The van der Waals surface area contributed by atoms with Gasteiger partial charge in [-0.1, -0.05) is 34.3 Å². The Morgan fingerprint density at radius 3 is 3.04 bits per heavy atom. The first kappa shape index (κ1) is 16.4. The Balaban J connectivity index is 1.42. The minimum absolute atomic E-state index is 0.371. The van der Waals surface area contributed by atoms with Crippen molar-refractivity contribution in [1.29, 1.82) is 0 Å². The summed E-state index contributed by atoms with van der Waals surface area (Å²) < 4.78 is 6.27. The summed E-state index contributed by atoms with van der Waals surface area (Å²) in [6, 6.07) is 4.35. The lowest BCUT2D eigenvalue weighted by Crippen LogP contribution is -2.08. The molecule has 0 fully saturated rings. The fourth-order valence-electron chi connectivity index (χ4n) is 1.82. The number of aromatic nitrogens is 4. The van der Waals surface area contributed by atoms with E-state index in [9.17, 15) is 0 Å². The summed E-state index contributed by atoms with van der Waals surface area (Å²) in [7, 11) is 0. The molecule has 0 aromatic carbocycles. The number of anilines is 1. The van der Waals surface area contributed by atoms with Crippen molar-refractivity contribution in [2.75, 3.05) is 11.1 Å². The van der Waals surface area contributed by atoms with Crippen LogP contribution in [0.25, 0.3) is 10.7 Å². The van der Waals surface area contributed by atoms with Crippen molar-refractivity contribution in [3.8, 4) is 10.7 Å². The molecule has 0 saturated heterocycles. The van der Waals surface area contributed by atoms with Gasteiger partial charge in [-0.15, -0.1) is 21.5 Å². The van der Waals surface area contributed by atoms with E-state index in [0.29, 0.717) is 17.8 Å². The highest BCUT2D eigenvalue weighted by Crippen LogP contribution is 2.27. The maximum atomic E-state index is 5.29. The van der Waals surface area contributed by atoms with E-state index in [4.69, 9.17) is 4.52 Å². The number of rotatable bonds is 8. The molecule has 6 nitrogen and oxygen atoms in total. The van der Waals surface area contributed by atoms with Crippen molar-refractivity contribution in [3.05, 3.63) is 23.4 Å². The Labute approximate surface area is 146 Å². The van der Waals surface area contributed by atoms with Gasteiger partial charge in [-0.25, -0.2) is 0 Å². The maximum absolute atomic E-state index is 5.29. The summed E-state index contributed by atoms with van der Waals surface area (Å²) in [6.45, 7) is 4.17. The normalized spacial score (nSPS) is 11.3. The number of thioether (sulfide) groups is 1. The molecular formula is C14H17N5OS3. The lowest BCUT2D eigenvalue weighted by atomic mass is 10.3. The lowest BCUT2D eigenvalue weighted by molar-refractivity contribution is 0.378. The average molecular weight is 368 g/mol. The first-order valence-corrected chi connectivity index (χ1v) is 9.98. The van der Waals surface area contributed by atoms with Crippen molar-refractivity contribution < 1.29 is 4.52 Å². The molecule has 9 heteroatoms. The third-order valence-electron chi connectivity index (χ3n) is 2.79. The standard InChI is InChI=1S/C14H17N5OS3/c1-9(2)15-13-17-18-14(23-13)22-8-4-6-11-16-12(19-20-11)10-5-3-7-21-10/h3,5,7,9H,4,6,8H2,1-2H3,(H,15,17). The molecule has 0 amide bonds. The van der Waals surface area contributed by atoms with Crippen LogP contribution in [0.5, 0.6) is 0 Å². The van der Waals surface area contributed by atoms with Gasteiger partial charge in [0.2, 0.25) is 16.8 Å². The van der Waals surface area contributed by atoms with E-state index in [-0.39, 0.29) is 0 Å². The number of thiophene rings is 1. The Morgan fingerprint density at radius 1 is 1.35 bits per heavy atom. The van der Waals surface area contributed by atoms with Gasteiger partial charge >= 0.3 is 0 Å². The number of hydrogen-bond acceptors (Lipinski definition) is 9. The average Bonchev–Trinajstić information content (AvgIpc) is 3.24. The van der Waals surface area contributed by atoms with Crippen molar-refractivity contribution >= 4 is 39.6 Å². The second-order valence-electron chi connectivity index (χ2n) is 5.11. The van der Waals surface area contributed by atoms with E-state index in [1.165, 1.54) is 0 Å². The molecule has 1 N–H and O–H groups in total. The first-order chi connectivity index (χ1) is 11.2. The summed E-state index contributed by atoms with van der Waals surface area (Å²) in [5.41, 5.74) is 0. The predicted molar refractivity (Wildman–Crippen MR) is 95.3 cm³/mol. The summed E-state index contributed by atoms with van der Waals surface area (Å²) in [6.07, 6.45) is 1.74. The topological polar surface area (TPSA) is 76.7 Å². The molecular weight excluding hydrogens is 350 g/mol. The van der Waals surface area contributed by atoms with Gasteiger partial charge < -0.3 is 9.84 Å². The molecule has 3 heterocycles. The molecule has 3 rings (SSSR count). The molecule has 0 aliphatic heterocycles. The van der Waals surface area contributed by atoms with Gasteiger partial charge in [-0.3, -0.25) is 0 Å². The molecule has 3 aromatic heterocycles. The zero-order valence-corrected chi connectivity index (χ0v) is 15.3. The van der Waals surface area contributed by atoms with Gasteiger partial charge in [0.05, 0.1) is 4.88 Å². The Bertz CT molecular complexity index is 722. The summed E-state index contributed by atoms with van der Waals surface area (Å²) in [5, 5.41) is 18.4. The highest BCUT2D eigenvalue weighted by Gasteiger charge is 2.10. The highest BCUT2D eigenvalue weighted by atomic mass is 32.2. The van der Waals surface area contributed by atoms with Crippen LogP contribution in [-0.4, -0.2) is 32.1 Å². The molecule has 0 spiro atoms. The van der Waals surface area contributed by atoms with Crippen LogP contribution in [0, 0.1) is 0 Å². The molecule has 23 heavy (non-hydrogen) atoms. The SMILES string of the molecule is CC(C)Nc1nnc(SCCCc2nc(-c3cccs3)no2)s1. The zero-order chi connectivity index (χ0) is 16.1. The smallest absolute Gasteiger partial charge is 0.227 e. The van der Waals surface area contributed by atoms with Gasteiger partial charge in [-0.2, -0.15) is 4.98 Å². The van der Waals surface area contributed by atoms with E-state index in [1.807, 2.05) is 17.5 Å². The fraction of sp³-hybridized carbons (Fsp3) is 0.429. The summed E-state index contributed by atoms with van der Waals surface area (Å²) >= 11 is 4.91. The second kappa shape index (κ2) is 7.89. The van der Waals surface area contributed by atoms with Gasteiger partial charge in [0.1, 0.15) is 0 Å². The van der Waals surface area contributed by atoms with Crippen LogP contribution in [0.2, 0.25) is 0 Å². The van der Waals surface area contributed by atoms with E-state index in [1.54, 1.807) is 34.4 Å². The quantitative estimate of drug-likeness (QED) is 0.472. The third kappa shape index (κ3) is 4.76. The number of nitrogens with one attached hydrogen (secondary N) is 1. The molecule has 3 aromatic rings. The van der Waals surface area contributed by atoms with Gasteiger partial charge in [0.15, 0.2) is 4.34 Å². The lowest BCUT2D eigenvalue weighted by Gasteiger charge is -2.02. The third-order valence-corrected chi connectivity index (χ3v) is 5.73. The summed E-state index contributed by atoms with van der Waals surface area (Å²) in [5.74, 6) is 2.32. The maximum Gasteiger partial charge on any atom is 0.227 e. The minimum Gasteiger partial charge on any atom is -0.358 e. The van der Waals surface area contributed by atoms with Crippen LogP contribution in [0.4, 0.5) is 5.13 Å². The van der Waals surface area contributed by atoms with Crippen molar-refractivity contribution in [2.45, 2.75) is 37.1 Å². The number of aryl methyl sites for hydroxylation is 1. The molecule has 0 aliphatic carbocycles. The summed E-state index contributed by atoms with van der Waals surface area (Å²) in [4.78, 5) is 5.46. The molecule has 0 radical (unpaired) electrons. The molecule has 0 bridgehead atoms. The van der Waals surface area contributed by atoms with Crippen LogP contribution in [0.3, 0.4) is 0 Å². The Kier molecular flexibility index (Phi) is 5.63. The first-order valence-electron chi connectivity index (χ1n) is 7.30. The van der Waals surface area contributed by atoms with Gasteiger partial charge in [0, 0.05) is 18.2 Å². The Hall–Kier alpha value is -1.45. The van der Waals surface area contributed by atoms with E-state index in [0.717, 1.165) is 32.9 Å². The van der Waals surface area contributed by atoms with Crippen LogP contribution < -0.4 is 5.32 Å². The molecule has 122 valence electrons. The second-order valence-corrected chi connectivity index (χ2v) is 8.38. The Morgan fingerprint density at radius 2 is 2.26 bits per heavy atom. The zero-order valence-electron chi connectivity index (χ0n) is 12.9. The van der Waals surface area contributed by atoms with Gasteiger partial charge in [-0.05, 0) is 31.7 Å². The predicted octanol–water partition coefficient (Wildman–Crippen LogP) is 4.19. The largest absolute Gasteiger partial charge is 0.358 e. The molecule has 0 unspecified atom stereocenters. The van der Waals surface area contributed by atoms with E-state index >= 15 is 0 Å². The van der Waals surface area contributed by atoms with Gasteiger partial charge in [0.25, 0.3) is 0 Å². The monoisotopic (exact) mass is 367 g/mol. The van der Waals surface area contributed by atoms with Crippen LogP contribution in [0.1, 0.15) is 26.2 Å². The van der Waals surface area contributed by atoms with E-state index < -0.39 is 0 Å². The van der Waals surface area contributed by atoms with E-state index in [2.05, 4.69) is 39.5 Å². The number of hydrogen-bond donors (Lipinski definition) is 1. The fourth-order valence-corrected chi connectivity index (χ4v) is 4.38. The molecule has 0 aliphatic rings. The van der Waals surface area contributed by atoms with Crippen molar-refractivity contribution in [3.63, 3.8) is 0 Å². The molecule has 0 saturated carbocycles. The highest BCUT2D eigenvalue weighted by molar-refractivity contribution is 8.01. The van der Waals surface area contributed by atoms with Crippen LogP contribution in [-0.2, 0) is 6.42 Å². The van der Waals surface area contributed by atoms with Crippen LogP contribution in [0.15, 0.2) is 26.4 Å². The minimum atomic E-state index is 0.371.